The summed E-state index contributed by atoms with van der Waals surface area (Å²) in [5, 5.41) is 3.60. The molecular weight excluding hydrogens is 424 g/mol. The van der Waals surface area contributed by atoms with E-state index < -0.39 is 0 Å². The molecule has 34 heavy (non-hydrogen) atoms. The van der Waals surface area contributed by atoms with Crippen LogP contribution in [0, 0.1) is 0 Å². The van der Waals surface area contributed by atoms with Crippen molar-refractivity contribution in [3.8, 4) is 0 Å². The fraction of sp³-hybridized carbons (Fsp3) is 0.538. The van der Waals surface area contributed by atoms with Gasteiger partial charge in [-0.25, -0.2) is 19.9 Å². The third-order valence-electron chi connectivity index (χ3n) is 7.42. The molecule has 1 aromatic carbocycles. The van der Waals surface area contributed by atoms with Crippen molar-refractivity contribution in [1.29, 1.82) is 0 Å². The van der Waals surface area contributed by atoms with Crippen LogP contribution in [0.25, 0.3) is 11.2 Å². The van der Waals surface area contributed by atoms with E-state index in [-0.39, 0.29) is 6.04 Å². The number of benzene rings is 1. The highest BCUT2D eigenvalue weighted by atomic mass is 15.3. The number of hydrogen-bond acceptors (Lipinski definition) is 8. The van der Waals surface area contributed by atoms with E-state index in [1.54, 1.807) is 6.33 Å². The number of piperazine rings is 1. The number of rotatable bonds is 4. The van der Waals surface area contributed by atoms with Gasteiger partial charge >= 0.3 is 0 Å². The molecule has 1 atom stereocenters. The van der Waals surface area contributed by atoms with Crippen LogP contribution in [-0.4, -0.2) is 65.7 Å². The van der Waals surface area contributed by atoms with Gasteiger partial charge < -0.3 is 20.0 Å². The Bertz CT molecular complexity index is 1110. The molecule has 0 radical (unpaired) electrons. The highest BCUT2D eigenvalue weighted by molar-refractivity contribution is 5.87. The average molecular weight is 459 g/mol. The van der Waals surface area contributed by atoms with Crippen LogP contribution in [0.15, 0.2) is 36.7 Å². The Hall–Kier alpha value is -3.00. The zero-order chi connectivity index (χ0) is 22.7. The molecule has 3 aromatic rings. The highest BCUT2D eigenvalue weighted by Gasteiger charge is 2.31. The van der Waals surface area contributed by atoms with Crippen LogP contribution in [0.4, 0.5) is 17.5 Å². The summed E-state index contributed by atoms with van der Waals surface area (Å²) in [6.07, 6.45) is 9.04. The van der Waals surface area contributed by atoms with Crippen LogP contribution in [-0.2, 0) is 0 Å². The molecule has 8 nitrogen and oxygen atoms in total. The first-order chi connectivity index (χ1) is 16.9. The lowest BCUT2D eigenvalue weighted by Crippen LogP contribution is -2.47. The Labute approximate surface area is 201 Å². The molecule has 1 unspecified atom stereocenters. The standard InChI is InChI=1S/C26H34N8/c1-4-10-20(11-5-1)21-18-27-12-17-34(21)26-25(33-15-8-3-9-16-33)31-23-22(30-26)24(29-19-28-23)32-13-6-2-7-14-32/h1,4-5,10-11,19,21,27H,2-3,6-9,12-18H2. The molecule has 6 rings (SSSR count). The Morgan fingerprint density at radius 3 is 2.15 bits per heavy atom. The fourth-order valence-electron chi connectivity index (χ4n) is 5.63. The van der Waals surface area contributed by atoms with E-state index in [2.05, 4.69) is 55.3 Å². The molecule has 0 bridgehead atoms. The van der Waals surface area contributed by atoms with Crippen molar-refractivity contribution in [2.75, 3.05) is 60.5 Å². The number of hydrogen-bond donors (Lipinski definition) is 1. The van der Waals surface area contributed by atoms with Gasteiger partial charge in [0.1, 0.15) is 6.33 Å². The van der Waals surface area contributed by atoms with Crippen LogP contribution in [0.5, 0.6) is 0 Å². The van der Waals surface area contributed by atoms with E-state index in [0.717, 1.165) is 68.8 Å². The van der Waals surface area contributed by atoms with Crippen molar-refractivity contribution in [2.24, 2.45) is 0 Å². The summed E-state index contributed by atoms with van der Waals surface area (Å²) in [5.41, 5.74) is 2.86. The molecule has 0 amide bonds. The second kappa shape index (κ2) is 9.70. The SMILES string of the molecule is c1ccc(C2CNCCN2c2nc3c(N4CCCCC4)ncnc3nc2N2CCCCC2)cc1. The van der Waals surface area contributed by atoms with Crippen LogP contribution in [0.3, 0.4) is 0 Å². The Morgan fingerprint density at radius 1 is 0.706 bits per heavy atom. The van der Waals surface area contributed by atoms with Gasteiger partial charge in [0.25, 0.3) is 0 Å². The fourth-order valence-corrected chi connectivity index (χ4v) is 5.63. The van der Waals surface area contributed by atoms with Crippen LogP contribution in [0.2, 0.25) is 0 Å². The summed E-state index contributed by atoms with van der Waals surface area (Å²) in [7, 11) is 0. The van der Waals surface area contributed by atoms with Crippen molar-refractivity contribution >= 4 is 28.6 Å². The maximum absolute atomic E-state index is 5.35. The summed E-state index contributed by atoms with van der Waals surface area (Å²) >= 11 is 0. The zero-order valence-corrected chi connectivity index (χ0v) is 19.9. The lowest BCUT2D eigenvalue weighted by Gasteiger charge is -2.40. The van der Waals surface area contributed by atoms with Gasteiger partial charge in [-0.15, -0.1) is 0 Å². The van der Waals surface area contributed by atoms with Crippen LogP contribution in [0.1, 0.15) is 50.1 Å². The number of aromatic nitrogens is 4. The molecule has 5 heterocycles. The quantitative estimate of drug-likeness (QED) is 0.636. The molecule has 3 aliphatic rings. The summed E-state index contributed by atoms with van der Waals surface area (Å²) in [6, 6.07) is 11.0. The maximum Gasteiger partial charge on any atom is 0.185 e. The van der Waals surface area contributed by atoms with Gasteiger partial charge in [0.15, 0.2) is 28.6 Å². The first kappa shape index (κ1) is 21.5. The van der Waals surface area contributed by atoms with Gasteiger partial charge in [-0.3, -0.25) is 0 Å². The molecule has 3 saturated heterocycles. The normalized spacial score (nSPS) is 21.8. The summed E-state index contributed by atoms with van der Waals surface area (Å²) in [6.45, 7) is 6.83. The van der Waals surface area contributed by atoms with E-state index in [4.69, 9.17) is 15.0 Å². The molecule has 0 saturated carbocycles. The third-order valence-corrected chi connectivity index (χ3v) is 7.42. The molecule has 3 fully saturated rings. The Morgan fingerprint density at radius 2 is 1.41 bits per heavy atom. The van der Waals surface area contributed by atoms with E-state index in [1.807, 2.05) is 0 Å². The summed E-state index contributed by atoms with van der Waals surface area (Å²) < 4.78 is 0. The second-order valence-corrected chi connectivity index (χ2v) is 9.66. The number of nitrogens with zero attached hydrogens (tertiary/aromatic N) is 7. The minimum absolute atomic E-state index is 0.216. The lowest BCUT2D eigenvalue weighted by atomic mass is 10.0. The molecule has 3 aliphatic heterocycles. The predicted octanol–water partition coefficient (Wildman–Crippen LogP) is 3.55. The molecule has 8 heteroatoms. The molecule has 0 spiro atoms. The van der Waals surface area contributed by atoms with Crippen molar-refractivity contribution in [1.82, 2.24) is 25.3 Å². The number of piperidine rings is 2. The molecule has 178 valence electrons. The summed E-state index contributed by atoms with van der Waals surface area (Å²) in [5.74, 6) is 2.91. The van der Waals surface area contributed by atoms with Gasteiger partial charge in [-0.1, -0.05) is 30.3 Å². The average Bonchev–Trinajstić information content (AvgIpc) is 2.93. The highest BCUT2D eigenvalue weighted by Crippen LogP contribution is 2.37. The molecule has 2 aromatic heterocycles. The largest absolute Gasteiger partial charge is 0.355 e. The number of nitrogens with one attached hydrogen (secondary N) is 1. The van der Waals surface area contributed by atoms with Crippen LogP contribution < -0.4 is 20.0 Å². The van der Waals surface area contributed by atoms with Crippen molar-refractivity contribution in [3.05, 3.63) is 42.2 Å². The minimum Gasteiger partial charge on any atom is -0.355 e. The predicted molar refractivity (Wildman–Crippen MR) is 137 cm³/mol. The van der Waals surface area contributed by atoms with Crippen molar-refractivity contribution in [2.45, 2.75) is 44.6 Å². The van der Waals surface area contributed by atoms with Gasteiger partial charge in [-0.05, 0) is 44.1 Å². The van der Waals surface area contributed by atoms with Crippen LogP contribution >= 0.6 is 0 Å². The van der Waals surface area contributed by atoms with E-state index in [9.17, 15) is 0 Å². The number of anilines is 3. The minimum atomic E-state index is 0.216. The van der Waals surface area contributed by atoms with E-state index >= 15 is 0 Å². The molecule has 1 N–H and O–H groups in total. The number of fused-ring (bicyclic) bond motifs is 1. The first-order valence-corrected chi connectivity index (χ1v) is 12.9. The first-order valence-electron chi connectivity index (χ1n) is 12.9. The van der Waals surface area contributed by atoms with Crippen molar-refractivity contribution < 1.29 is 0 Å². The topological polar surface area (TPSA) is 73.3 Å². The molecule has 0 aliphatic carbocycles. The second-order valence-electron chi connectivity index (χ2n) is 9.66. The Kier molecular flexibility index (Phi) is 6.14. The van der Waals surface area contributed by atoms with E-state index in [1.165, 1.54) is 44.1 Å². The third kappa shape index (κ3) is 4.15. The van der Waals surface area contributed by atoms with Gasteiger partial charge in [0.2, 0.25) is 0 Å². The summed E-state index contributed by atoms with van der Waals surface area (Å²) in [4.78, 5) is 27.1. The smallest absolute Gasteiger partial charge is 0.185 e. The van der Waals surface area contributed by atoms with Gasteiger partial charge in [0.05, 0.1) is 6.04 Å². The lowest BCUT2D eigenvalue weighted by molar-refractivity contribution is 0.484. The maximum atomic E-state index is 5.35. The van der Waals surface area contributed by atoms with Gasteiger partial charge in [-0.2, -0.15) is 0 Å². The van der Waals surface area contributed by atoms with Crippen molar-refractivity contribution in [3.63, 3.8) is 0 Å². The van der Waals surface area contributed by atoms with Gasteiger partial charge in [0, 0.05) is 45.8 Å². The Balaban J connectivity index is 1.49. The zero-order valence-electron chi connectivity index (χ0n) is 19.9. The monoisotopic (exact) mass is 458 g/mol. The molecular formula is C26H34N8. The van der Waals surface area contributed by atoms with E-state index in [0.29, 0.717) is 5.65 Å².